The summed E-state index contributed by atoms with van der Waals surface area (Å²) in [5, 5.41) is 2.11. The van der Waals surface area contributed by atoms with Gasteiger partial charge < -0.3 is 9.47 Å². The molecule has 3 heteroatoms. The van der Waals surface area contributed by atoms with Crippen LogP contribution in [0, 0.1) is 0 Å². The van der Waals surface area contributed by atoms with Crippen molar-refractivity contribution in [2.45, 2.75) is 6.10 Å². The third-order valence-electron chi connectivity index (χ3n) is 5.28. The summed E-state index contributed by atoms with van der Waals surface area (Å²) in [6, 6.07) is 33.6. The summed E-state index contributed by atoms with van der Waals surface area (Å²) < 4.78 is 11.5. The molecule has 1 aliphatic rings. The fraction of sp³-hybridized carbons (Fsp3) is 0.0357. The van der Waals surface area contributed by atoms with Crippen molar-refractivity contribution in [2.75, 3.05) is 0 Å². The van der Waals surface area contributed by atoms with E-state index in [0.717, 1.165) is 33.0 Å². The molecule has 0 N–H and O–H groups in total. The van der Waals surface area contributed by atoms with E-state index in [-0.39, 0.29) is 0 Å². The lowest BCUT2D eigenvalue weighted by Crippen LogP contribution is -2.27. The lowest BCUT2D eigenvalue weighted by Gasteiger charge is -2.22. The van der Waals surface area contributed by atoms with Crippen molar-refractivity contribution in [2.24, 2.45) is 0 Å². The van der Waals surface area contributed by atoms with Gasteiger partial charge in [-0.05, 0) is 45.7 Å². The van der Waals surface area contributed by atoms with Crippen LogP contribution < -0.4 is 4.74 Å². The number of rotatable bonds is 4. The molecule has 4 aromatic carbocycles. The Bertz CT molecular complexity index is 1290. The molecule has 1 unspecified atom stereocenters. The number of hydrogen-bond donors (Lipinski definition) is 0. The number of fused-ring (bicyclic) bond motifs is 1. The Hall–Kier alpha value is -4.11. The molecule has 0 bridgehead atoms. The van der Waals surface area contributed by atoms with Crippen molar-refractivity contribution in [1.29, 1.82) is 0 Å². The van der Waals surface area contributed by atoms with Gasteiger partial charge in [0.25, 0.3) is 0 Å². The van der Waals surface area contributed by atoms with E-state index >= 15 is 0 Å². The van der Waals surface area contributed by atoms with Crippen LogP contribution in [-0.4, -0.2) is 12.1 Å². The predicted molar refractivity (Wildman–Crippen MR) is 123 cm³/mol. The topological polar surface area (TPSA) is 35.5 Å². The highest BCUT2D eigenvalue weighted by Crippen LogP contribution is 2.35. The summed E-state index contributed by atoms with van der Waals surface area (Å²) >= 11 is 0. The molecular formula is C28H20O3. The van der Waals surface area contributed by atoms with E-state index in [0.29, 0.717) is 5.75 Å². The smallest absolute Gasteiger partial charge is 0.356 e. The molecule has 0 fully saturated rings. The van der Waals surface area contributed by atoms with E-state index in [1.807, 2.05) is 103 Å². The van der Waals surface area contributed by atoms with Gasteiger partial charge in [0.15, 0.2) is 0 Å². The van der Waals surface area contributed by atoms with Crippen molar-refractivity contribution >= 4 is 27.9 Å². The third-order valence-corrected chi connectivity index (χ3v) is 5.28. The van der Waals surface area contributed by atoms with Crippen LogP contribution in [0.2, 0.25) is 0 Å². The molecule has 0 saturated carbocycles. The molecule has 150 valence electrons. The molecule has 31 heavy (non-hydrogen) atoms. The first-order valence-corrected chi connectivity index (χ1v) is 10.2. The highest BCUT2D eigenvalue weighted by molar-refractivity contribution is 6.06. The number of esters is 1. The summed E-state index contributed by atoms with van der Waals surface area (Å²) in [6.07, 6.45) is 2.67. The predicted octanol–water partition coefficient (Wildman–Crippen LogP) is 6.27. The van der Waals surface area contributed by atoms with Crippen molar-refractivity contribution in [3.8, 4) is 5.75 Å². The zero-order valence-electron chi connectivity index (χ0n) is 16.8. The quantitative estimate of drug-likeness (QED) is 0.297. The Kier molecular flexibility index (Phi) is 5.07. The van der Waals surface area contributed by atoms with Crippen LogP contribution in [0.4, 0.5) is 0 Å². The average Bonchev–Trinajstić information content (AvgIpc) is 2.84. The van der Waals surface area contributed by atoms with E-state index < -0.39 is 12.1 Å². The lowest BCUT2D eigenvalue weighted by atomic mass is 9.91. The van der Waals surface area contributed by atoms with E-state index in [2.05, 4.69) is 0 Å². The highest BCUT2D eigenvalue weighted by atomic mass is 16.6. The summed E-state index contributed by atoms with van der Waals surface area (Å²) in [7, 11) is 0. The monoisotopic (exact) mass is 404 g/mol. The molecule has 3 nitrogen and oxygen atoms in total. The molecular weight excluding hydrogens is 384 g/mol. The SMILES string of the molecule is O=C(Oc1ccc2ccccc2c1)C1C=C(c2ccccc2)C(c2ccccc2)=CO1. The normalized spacial score (nSPS) is 15.5. The fourth-order valence-corrected chi connectivity index (χ4v) is 3.72. The van der Waals surface area contributed by atoms with Gasteiger partial charge in [-0.25, -0.2) is 4.79 Å². The molecule has 0 spiro atoms. The number of ether oxygens (including phenoxy) is 2. The van der Waals surface area contributed by atoms with Crippen LogP contribution >= 0.6 is 0 Å². The minimum absolute atomic E-state index is 0.452. The lowest BCUT2D eigenvalue weighted by molar-refractivity contribution is -0.141. The molecule has 0 radical (unpaired) electrons. The Morgan fingerprint density at radius 1 is 0.677 bits per heavy atom. The summed E-state index contributed by atoms with van der Waals surface area (Å²) in [5.41, 5.74) is 3.92. The van der Waals surface area contributed by atoms with Crippen LogP contribution in [-0.2, 0) is 9.53 Å². The van der Waals surface area contributed by atoms with Crippen molar-refractivity contribution in [1.82, 2.24) is 0 Å². The third kappa shape index (κ3) is 3.99. The van der Waals surface area contributed by atoms with E-state index in [4.69, 9.17) is 9.47 Å². The van der Waals surface area contributed by atoms with Gasteiger partial charge in [0.2, 0.25) is 6.10 Å². The van der Waals surface area contributed by atoms with Crippen molar-refractivity contribution in [3.63, 3.8) is 0 Å². The second kappa shape index (κ2) is 8.33. The minimum Gasteiger partial charge on any atom is -0.481 e. The Morgan fingerprint density at radius 2 is 1.29 bits per heavy atom. The number of carbonyl (C=O) groups excluding carboxylic acids is 1. The molecule has 5 rings (SSSR count). The average molecular weight is 404 g/mol. The van der Waals surface area contributed by atoms with Crippen LogP contribution in [0.3, 0.4) is 0 Å². The van der Waals surface area contributed by atoms with E-state index in [9.17, 15) is 4.79 Å². The second-order valence-corrected chi connectivity index (χ2v) is 7.33. The maximum absolute atomic E-state index is 12.9. The maximum atomic E-state index is 12.9. The fourth-order valence-electron chi connectivity index (χ4n) is 3.72. The van der Waals surface area contributed by atoms with E-state index in [1.165, 1.54) is 0 Å². The first kappa shape index (κ1) is 18.9. The van der Waals surface area contributed by atoms with Gasteiger partial charge >= 0.3 is 5.97 Å². The zero-order chi connectivity index (χ0) is 21.0. The van der Waals surface area contributed by atoms with Crippen molar-refractivity contribution in [3.05, 3.63) is 127 Å². The van der Waals surface area contributed by atoms with Crippen LogP contribution in [0.15, 0.2) is 115 Å². The Morgan fingerprint density at radius 3 is 2.00 bits per heavy atom. The van der Waals surface area contributed by atoms with Crippen molar-refractivity contribution < 1.29 is 14.3 Å². The molecule has 0 saturated heterocycles. The largest absolute Gasteiger partial charge is 0.481 e. The number of benzene rings is 4. The van der Waals surface area contributed by atoms with Gasteiger partial charge in [-0.15, -0.1) is 0 Å². The number of carbonyl (C=O) groups is 1. The Labute approximate surface area is 180 Å². The van der Waals surface area contributed by atoms with E-state index in [1.54, 1.807) is 12.3 Å². The Balaban J connectivity index is 1.44. The van der Waals surface area contributed by atoms with Crippen LogP contribution in [0.1, 0.15) is 11.1 Å². The van der Waals surface area contributed by atoms with Crippen LogP contribution in [0.25, 0.3) is 21.9 Å². The molecule has 0 aromatic heterocycles. The summed E-state index contributed by atoms with van der Waals surface area (Å²) in [5.74, 6) is 0.0480. The van der Waals surface area contributed by atoms with Gasteiger partial charge in [-0.1, -0.05) is 91.0 Å². The van der Waals surface area contributed by atoms with Gasteiger partial charge in [-0.2, -0.15) is 0 Å². The molecule has 1 heterocycles. The number of allylic oxidation sites excluding steroid dienone is 2. The minimum atomic E-state index is -0.825. The van der Waals surface area contributed by atoms with Gasteiger partial charge in [0.1, 0.15) is 5.75 Å². The first-order chi connectivity index (χ1) is 15.3. The highest BCUT2D eigenvalue weighted by Gasteiger charge is 2.26. The molecule has 1 aliphatic heterocycles. The number of hydrogen-bond acceptors (Lipinski definition) is 3. The molecule has 0 aliphatic carbocycles. The summed E-state index contributed by atoms with van der Waals surface area (Å²) in [4.78, 5) is 12.9. The molecule has 0 amide bonds. The second-order valence-electron chi connectivity index (χ2n) is 7.33. The maximum Gasteiger partial charge on any atom is 0.356 e. The van der Waals surface area contributed by atoms with Gasteiger partial charge in [0.05, 0.1) is 6.26 Å². The molecule has 1 atom stereocenters. The zero-order valence-corrected chi connectivity index (χ0v) is 16.8. The van der Waals surface area contributed by atoms with Gasteiger partial charge in [0, 0.05) is 5.57 Å². The first-order valence-electron chi connectivity index (χ1n) is 10.2. The summed E-state index contributed by atoms with van der Waals surface area (Å²) in [6.45, 7) is 0. The standard InChI is InChI=1S/C28H20O3/c29-28(31-24-16-15-20-9-7-8-14-23(20)17-24)27-18-25(21-10-3-1-4-11-21)26(19-30-27)22-12-5-2-6-13-22/h1-19,27H. The molecule has 4 aromatic rings. The van der Waals surface area contributed by atoms with Crippen LogP contribution in [0.5, 0.6) is 5.75 Å². The van der Waals surface area contributed by atoms with Gasteiger partial charge in [-0.3, -0.25) is 0 Å².